The number of nitrogens with one attached hydrogen (secondary N) is 1. The molecule has 3 aromatic rings. The third kappa shape index (κ3) is 4.18. The Morgan fingerprint density at radius 2 is 2.07 bits per heavy atom. The molecule has 0 bridgehead atoms. The minimum atomic E-state index is -4.42. The van der Waals surface area contributed by atoms with Gasteiger partial charge in [-0.2, -0.15) is 13.2 Å². The van der Waals surface area contributed by atoms with Crippen molar-refractivity contribution >= 4 is 22.2 Å². The van der Waals surface area contributed by atoms with Crippen molar-refractivity contribution in [2.75, 3.05) is 11.9 Å². The van der Waals surface area contributed by atoms with Crippen molar-refractivity contribution in [3.63, 3.8) is 0 Å². The summed E-state index contributed by atoms with van der Waals surface area (Å²) in [6, 6.07) is 7.51. The van der Waals surface area contributed by atoms with Crippen LogP contribution in [-0.2, 0) is 17.5 Å². The molecule has 1 saturated heterocycles. The Morgan fingerprint density at radius 1 is 1.28 bits per heavy atom. The summed E-state index contributed by atoms with van der Waals surface area (Å²) in [4.78, 5) is 4.54. The summed E-state index contributed by atoms with van der Waals surface area (Å²) in [7, 11) is 0. The molecule has 1 aliphatic rings. The number of alkyl halides is 3. The van der Waals surface area contributed by atoms with Crippen molar-refractivity contribution in [3.8, 4) is 11.3 Å². The highest BCUT2D eigenvalue weighted by Gasteiger charge is 2.33. The van der Waals surface area contributed by atoms with E-state index in [9.17, 15) is 13.2 Å². The summed E-state index contributed by atoms with van der Waals surface area (Å²) in [5.41, 5.74) is 3.27. The summed E-state index contributed by atoms with van der Waals surface area (Å²) in [6.07, 6.45) is -2.02. The topological polar surface area (TPSA) is 39.1 Å². The molecule has 1 N–H and O–H groups in total. The predicted octanol–water partition coefficient (Wildman–Crippen LogP) is 6.17. The lowest BCUT2D eigenvalue weighted by atomic mass is 10.1. The van der Waals surface area contributed by atoms with Crippen molar-refractivity contribution in [1.29, 1.82) is 0 Å². The van der Waals surface area contributed by atoms with E-state index in [1.54, 1.807) is 6.07 Å². The number of anilines is 2. The van der Waals surface area contributed by atoms with E-state index in [-0.39, 0.29) is 11.8 Å². The Bertz CT molecular complexity index is 1000. The van der Waals surface area contributed by atoms with Crippen LogP contribution in [0.3, 0.4) is 0 Å². The second kappa shape index (κ2) is 7.84. The maximum Gasteiger partial charge on any atom is 0.418 e. The molecular weight excluding hydrogens is 399 g/mol. The van der Waals surface area contributed by atoms with Gasteiger partial charge in [-0.05, 0) is 44.9 Å². The number of nitrogens with zero attached hydrogens (tertiary/aromatic N) is 2. The van der Waals surface area contributed by atoms with Gasteiger partial charge < -0.3 is 14.6 Å². The van der Waals surface area contributed by atoms with Crippen LogP contribution in [0.15, 0.2) is 35.7 Å². The number of aryl methyl sites for hydroxylation is 1. The number of benzene rings is 1. The average Bonchev–Trinajstić information content (AvgIpc) is 3.39. The van der Waals surface area contributed by atoms with E-state index in [4.69, 9.17) is 4.74 Å². The number of hydrogen-bond acceptors (Lipinski definition) is 4. The number of ether oxygens (including phenoxy) is 1. The first-order valence-electron chi connectivity index (χ1n) is 9.50. The van der Waals surface area contributed by atoms with Gasteiger partial charge in [0, 0.05) is 35.5 Å². The first-order chi connectivity index (χ1) is 13.8. The van der Waals surface area contributed by atoms with Gasteiger partial charge in [0.05, 0.1) is 23.0 Å². The van der Waals surface area contributed by atoms with Crippen LogP contribution in [0, 0.1) is 13.8 Å². The molecule has 1 aromatic carbocycles. The van der Waals surface area contributed by atoms with E-state index < -0.39 is 11.7 Å². The Kier molecular flexibility index (Phi) is 5.40. The molecule has 0 amide bonds. The van der Waals surface area contributed by atoms with Gasteiger partial charge in [-0.1, -0.05) is 12.1 Å². The van der Waals surface area contributed by atoms with E-state index in [0.29, 0.717) is 5.13 Å². The second-order valence-electron chi connectivity index (χ2n) is 7.24. The van der Waals surface area contributed by atoms with Crippen molar-refractivity contribution < 1.29 is 17.9 Å². The summed E-state index contributed by atoms with van der Waals surface area (Å²) < 4.78 is 47.6. The van der Waals surface area contributed by atoms with Gasteiger partial charge in [0.2, 0.25) is 0 Å². The molecule has 0 spiro atoms. The molecule has 1 atom stereocenters. The lowest BCUT2D eigenvalue weighted by Gasteiger charge is -2.14. The molecular formula is C21H22F3N3OS. The number of halogens is 3. The smallest absolute Gasteiger partial charge is 0.376 e. The van der Waals surface area contributed by atoms with Crippen LogP contribution < -0.4 is 5.32 Å². The van der Waals surface area contributed by atoms with E-state index in [2.05, 4.69) is 27.9 Å². The Labute approximate surface area is 171 Å². The van der Waals surface area contributed by atoms with Gasteiger partial charge in [0.25, 0.3) is 0 Å². The van der Waals surface area contributed by atoms with E-state index in [1.807, 2.05) is 12.3 Å². The molecule has 3 heterocycles. The van der Waals surface area contributed by atoms with Crippen LogP contribution >= 0.6 is 11.3 Å². The molecule has 0 aliphatic carbocycles. The fraction of sp³-hybridized carbons (Fsp3) is 0.381. The zero-order valence-electron chi connectivity index (χ0n) is 16.2. The fourth-order valence-corrected chi connectivity index (χ4v) is 4.47. The molecule has 1 fully saturated rings. The molecule has 0 saturated carbocycles. The molecule has 0 unspecified atom stereocenters. The summed E-state index contributed by atoms with van der Waals surface area (Å²) in [5.74, 6) is 0. The number of para-hydroxylation sites is 1. The van der Waals surface area contributed by atoms with Gasteiger partial charge in [-0.3, -0.25) is 0 Å². The molecule has 1 aliphatic heterocycles. The molecule has 29 heavy (non-hydrogen) atoms. The fourth-order valence-electron chi connectivity index (χ4n) is 3.74. The SMILES string of the molecule is Cc1cc(-c2csc(Nc3ccccc3C(F)(F)F)n2)c(C)n1C[C@H]1CCCO1. The van der Waals surface area contributed by atoms with Gasteiger partial charge in [0.15, 0.2) is 5.13 Å². The zero-order chi connectivity index (χ0) is 20.6. The normalized spacial score (nSPS) is 17.1. The minimum Gasteiger partial charge on any atom is -0.376 e. The quantitative estimate of drug-likeness (QED) is 0.535. The molecule has 154 valence electrons. The largest absolute Gasteiger partial charge is 0.418 e. The highest BCUT2D eigenvalue weighted by Crippen LogP contribution is 2.37. The Balaban J connectivity index is 1.57. The molecule has 4 nitrogen and oxygen atoms in total. The molecule has 4 rings (SSSR count). The first kappa shape index (κ1) is 20.0. The highest BCUT2D eigenvalue weighted by atomic mass is 32.1. The average molecular weight is 421 g/mol. The van der Waals surface area contributed by atoms with E-state index in [1.165, 1.54) is 23.5 Å². The van der Waals surface area contributed by atoms with Crippen LogP contribution in [0.5, 0.6) is 0 Å². The van der Waals surface area contributed by atoms with Crippen molar-refractivity contribution in [2.24, 2.45) is 0 Å². The summed E-state index contributed by atoms with van der Waals surface area (Å²) in [6.45, 7) is 5.72. The number of hydrogen-bond donors (Lipinski definition) is 1. The van der Waals surface area contributed by atoms with E-state index in [0.717, 1.165) is 54.7 Å². The third-order valence-corrected chi connectivity index (χ3v) is 6.00. The lowest BCUT2D eigenvalue weighted by Crippen LogP contribution is -2.16. The molecule has 0 radical (unpaired) electrons. The number of rotatable bonds is 5. The van der Waals surface area contributed by atoms with Crippen molar-refractivity contribution in [3.05, 3.63) is 52.7 Å². The Morgan fingerprint density at radius 3 is 2.79 bits per heavy atom. The standard InChI is InChI=1S/C21H22F3N3OS/c1-13-10-16(14(2)27(13)11-15-6-5-9-28-15)19-12-29-20(26-19)25-18-8-4-3-7-17(18)21(22,23)24/h3-4,7-8,10,12,15H,5-6,9,11H2,1-2H3,(H,25,26)/t15-/m1/s1. The van der Waals surface area contributed by atoms with Gasteiger partial charge in [-0.15, -0.1) is 11.3 Å². The second-order valence-corrected chi connectivity index (χ2v) is 8.09. The van der Waals surface area contributed by atoms with Crippen molar-refractivity contribution in [1.82, 2.24) is 9.55 Å². The predicted molar refractivity (Wildman–Crippen MR) is 109 cm³/mol. The third-order valence-electron chi connectivity index (χ3n) is 5.24. The zero-order valence-corrected chi connectivity index (χ0v) is 17.0. The maximum absolute atomic E-state index is 13.2. The van der Waals surface area contributed by atoms with Gasteiger partial charge in [0.1, 0.15) is 0 Å². The van der Waals surface area contributed by atoms with Gasteiger partial charge in [-0.25, -0.2) is 4.98 Å². The lowest BCUT2D eigenvalue weighted by molar-refractivity contribution is -0.136. The monoisotopic (exact) mass is 421 g/mol. The van der Waals surface area contributed by atoms with E-state index >= 15 is 0 Å². The number of aromatic nitrogens is 2. The van der Waals surface area contributed by atoms with Gasteiger partial charge >= 0.3 is 6.18 Å². The van der Waals surface area contributed by atoms with Crippen LogP contribution in [0.4, 0.5) is 24.0 Å². The maximum atomic E-state index is 13.2. The summed E-state index contributed by atoms with van der Waals surface area (Å²) in [5, 5.41) is 5.13. The highest BCUT2D eigenvalue weighted by molar-refractivity contribution is 7.14. The van der Waals surface area contributed by atoms with Crippen LogP contribution in [0.25, 0.3) is 11.3 Å². The Hall–Kier alpha value is -2.32. The van der Waals surface area contributed by atoms with Crippen LogP contribution in [-0.4, -0.2) is 22.3 Å². The first-order valence-corrected chi connectivity index (χ1v) is 10.4. The summed E-state index contributed by atoms with van der Waals surface area (Å²) >= 11 is 1.29. The van der Waals surface area contributed by atoms with Crippen molar-refractivity contribution in [2.45, 2.75) is 45.5 Å². The molecule has 2 aromatic heterocycles. The minimum absolute atomic E-state index is 0.00440. The van der Waals surface area contributed by atoms with Crippen LogP contribution in [0.1, 0.15) is 29.8 Å². The van der Waals surface area contributed by atoms with Crippen LogP contribution in [0.2, 0.25) is 0 Å². The number of thiazole rings is 1. The molecule has 8 heteroatoms.